The van der Waals surface area contributed by atoms with Gasteiger partial charge in [-0.25, -0.2) is 8.42 Å². The number of β-amino-alcohol motifs (C(OH)–C–C–N with tert-alkyl or cyclic N) is 1. The van der Waals surface area contributed by atoms with E-state index in [0.717, 1.165) is 35.7 Å². The van der Waals surface area contributed by atoms with Crippen LogP contribution in [0.4, 0.5) is 13.2 Å². The van der Waals surface area contributed by atoms with Crippen LogP contribution in [0.1, 0.15) is 49.1 Å². The number of aromatic nitrogens is 1. The van der Waals surface area contributed by atoms with Crippen molar-refractivity contribution in [3.63, 3.8) is 0 Å². The third-order valence-electron chi connectivity index (χ3n) is 7.91. The molecule has 8 nitrogen and oxygen atoms in total. The predicted molar refractivity (Wildman–Crippen MR) is 160 cm³/mol. The van der Waals surface area contributed by atoms with E-state index in [-0.39, 0.29) is 42.6 Å². The van der Waals surface area contributed by atoms with Gasteiger partial charge >= 0.3 is 12.1 Å². The summed E-state index contributed by atoms with van der Waals surface area (Å²) in [7, 11) is -3.20. The van der Waals surface area contributed by atoms with Crippen molar-refractivity contribution >= 4 is 16.0 Å². The first-order chi connectivity index (χ1) is 20.5. The van der Waals surface area contributed by atoms with Crippen LogP contribution in [0.3, 0.4) is 0 Å². The summed E-state index contributed by atoms with van der Waals surface area (Å²) in [6.07, 6.45) is -1.83. The molecule has 3 aromatic rings. The van der Waals surface area contributed by atoms with Gasteiger partial charge in [-0.1, -0.05) is 30.3 Å². The number of benzene rings is 2. The number of likely N-dealkylation sites (N-methyl/N-ethyl adjacent to an activating group) is 1. The molecule has 1 aliphatic rings. The van der Waals surface area contributed by atoms with E-state index in [2.05, 4.69) is 22.4 Å². The van der Waals surface area contributed by atoms with Gasteiger partial charge in [0.15, 0.2) is 0 Å². The van der Waals surface area contributed by atoms with E-state index in [1.54, 1.807) is 0 Å². The van der Waals surface area contributed by atoms with Gasteiger partial charge in [0.25, 0.3) is 0 Å². The molecule has 238 valence electrons. The maximum atomic E-state index is 13.8. The minimum absolute atomic E-state index is 0.0119. The summed E-state index contributed by atoms with van der Waals surface area (Å²) < 4.78 is 69.1. The highest BCUT2D eigenvalue weighted by Gasteiger charge is 2.34. The van der Waals surface area contributed by atoms with E-state index in [1.165, 1.54) is 36.5 Å². The average molecular weight is 634 g/mol. The molecule has 0 radical (unpaired) electrons. The van der Waals surface area contributed by atoms with Gasteiger partial charge in [0.2, 0.25) is 10.0 Å². The Morgan fingerprint density at radius 3 is 2.30 bits per heavy atom. The van der Waals surface area contributed by atoms with Crippen molar-refractivity contribution in [1.29, 1.82) is 0 Å². The van der Waals surface area contributed by atoms with Gasteiger partial charge in [0.05, 0.1) is 23.0 Å². The number of carboxylic acid groups (broad SMARTS) is 1. The number of alkyl halides is 3. The van der Waals surface area contributed by atoms with Crippen molar-refractivity contribution in [3.05, 3.63) is 83.2 Å². The van der Waals surface area contributed by atoms with Crippen molar-refractivity contribution in [2.24, 2.45) is 5.92 Å². The maximum absolute atomic E-state index is 13.8. The molecule has 0 amide bonds. The first-order valence-corrected chi connectivity index (χ1v) is 15.8. The van der Waals surface area contributed by atoms with E-state index >= 15 is 0 Å². The smallest absolute Gasteiger partial charge is 0.416 e. The van der Waals surface area contributed by atoms with Crippen molar-refractivity contribution in [3.8, 4) is 11.1 Å². The number of fused-ring (bicyclic) bond motifs is 1. The molecule has 0 saturated heterocycles. The second kappa shape index (κ2) is 13.4. The Bertz CT molecular complexity index is 1550. The molecule has 0 fully saturated rings. The number of carboxylic acids is 1. The Kier molecular flexibility index (Phi) is 10.2. The summed E-state index contributed by atoms with van der Waals surface area (Å²) in [4.78, 5) is 14.4. The zero-order valence-electron chi connectivity index (χ0n) is 24.9. The quantitative estimate of drug-likeness (QED) is 0.244. The minimum atomic E-state index is -4.82. The Hall–Kier alpha value is -3.32. The van der Waals surface area contributed by atoms with E-state index in [1.807, 2.05) is 26.0 Å². The predicted octanol–water partition coefficient (Wildman–Crippen LogP) is 4.94. The molecule has 1 atom stereocenters. The van der Waals surface area contributed by atoms with Crippen LogP contribution >= 0.6 is 0 Å². The molecule has 1 heterocycles. The molecule has 1 aliphatic carbocycles. The highest BCUT2D eigenvalue weighted by molar-refractivity contribution is 7.89. The Morgan fingerprint density at radius 2 is 1.73 bits per heavy atom. The fraction of sp³-hybridized carbons (Fsp3) is 0.438. The normalized spacial score (nSPS) is 15.0. The highest BCUT2D eigenvalue weighted by Crippen LogP contribution is 2.35. The van der Waals surface area contributed by atoms with Gasteiger partial charge in [-0.2, -0.15) is 17.5 Å². The van der Waals surface area contributed by atoms with Gasteiger partial charge in [-0.05, 0) is 80.0 Å². The number of hydrogen-bond acceptors (Lipinski definition) is 6. The highest BCUT2D eigenvalue weighted by atomic mass is 32.2. The molecular weight excluding hydrogens is 595 g/mol. The Morgan fingerprint density at radius 1 is 1.07 bits per heavy atom. The van der Waals surface area contributed by atoms with Crippen LogP contribution < -0.4 is 5.32 Å². The van der Waals surface area contributed by atoms with E-state index in [0.29, 0.717) is 17.7 Å². The molecule has 0 aliphatic heterocycles. The van der Waals surface area contributed by atoms with Crippen LogP contribution in [0.2, 0.25) is 0 Å². The van der Waals surface area contributed by atoms with Crippen LogP contribution in [0.5, 0.6) is 0 Å². The van der Waals surface area contributed by atoms with Gasteiger partial charge in [0, 0.05) is 49.6 Å². The number of aliphatic hydroxyl groups is 1. The number of pyridine rings is 1. The summed E-state index contributed by atoms with van der Waals surface area (Å²) in [5.74, 6) is -0.561. The number of hydrogen-bond donors (Lipinski definition) is 3. The average Bonchev–Trinajstić information content (AvgIpc) is 3.36. The zero-order chi connectivity index (χ0) is 32.3. The first-order valence-electron chi connectivity index (χ1n) is 14.4. The SMILES string of the molecule is CN(CC(O)CNC(C)(C)CC1Cc2ccccc2C1)S(=O)(=O)c1cc(-c2ccc(CCC(=O)O)nc2)cc(C(F)(F)F)c1. The second-order valence-electron chi connectivity index (χ2n) is 12.1. The number of aliphatic hydroxyl groups excluding tert-OH is 1. The number of rotatable bonds is 13. The molecule has 1 aromatic heterocycles. The number of halogens is 3. The number of nitrogens with one attached hydrogen (secondary N) is 1. The lowest BCUT2D eigenvalue weighted by atomic mass is 9.88. The number of carbonyl (C=O) groups is 1. The molecule has 2 aromatic carbocycles. The van der Waals surface area contributed by atoms with Crippen molar-refractivity contribution in [1.82, 2.24) is 14.6 Å². The number of aliphatic carboxylic acids is 1. The minimum Gasteiger partial charge on any atom is -0.481 e. The molecule has 44 heavy (non-hydrogen) atoms. The zero-order valence-corrected chi connectivity index (χ0v) is 25.8. The molecule has 0 saturated carbocycles. The lowest BCUT2D eigenvalue weighted by Crippen LogP contribution is -2.47. The summed E-state index contributed by atoms with van der Waals surface area (Å²) in [6, 6.07) is 13.9. The van der Waals surface area contributed by atoms with Crippen molar-refractivity contribution in [2.45, 2.75) is 68.7 Å². The third kappa shape index (κ3) is 8.65. The molecule has 12 heteroatoms. The largest absolute Gasteiger partial charge is 0.481 e. The molecule has 0 spiro atoms. The second-order valence-corrected chi connectivity index (χ2v) is 14.2. The van der Waals surface area contributed by atoms with Crippen molar-refractivity contribution in [2.75, 3.05) is 20.1 Å². The number of sulfonamides is 1. The van der Waals surface area contributed by atoms with E-state index in [9.17, 15) is 31.5 Å². The summed E-state index contributed by atoms with van der Waals surface area (Å²) in [6.45, 7) is 3.83. The third-order valence-corrected chi connectivity index (χ3v) is 9.71. The Balaban J connectivity index is 1.43. The first kappa shape index (κ1) is 33.6. The standard InChI is InChI=1S/C32H38F3N3O5S/c1-31(2,17-21-12-22-6-4-5-7-23(22)13-21)37-19-28(39)20-38(3)44(42,43)29-15-25(14-26(16-29)32(33,34)35)24-8-9-27(36-18-24)10-11-30(40)41/h4-9,14-16,18,21,28,37,39H,10-13,17,19-20H2,1-3H3,(H,40,41). The lowest BCUT2D eigenvalue weighted by molar-refractivity contribution is -0.138. The molecule has 3 N–H and O–H groups in total. The molecule has 4 rings (SSSR count). The Labute approximate surface area is 256 Å². The fourth-order valence-corrected chi connectivity index (χ4v) is 6.96. The summed E-state index contributed by atoms with van der Waals surface area (Å²) in [5.41, 5.74) is 1.89. The van der Waals surface area contributed by atoms with E-state index in [4.69, 9.17) is 5.11 Å². The van der Waals surface area contributed by atoms with Crippen LogP contribution in [-0.4, -0.2) is 65.7 Å². The summed E-state index contributed by atoms with van der Waals surface area (Å²) >= 11 is 0. The van der Waals surface area contributed by atoms with Gasteiger partial charge in [-0.15, -0.1) is 0 Å². The van der Waals surface area contributed by atoms with Crippen LogP contribution in [0, 0.1) is 5.92 Å². The maximum Gasteiger partial charge on any atom is 0.416 e. The van der Waals surface area contributed by atoms with E-state index < -0.39 is 38.7 Å². The van der Waals surface area contributed by atoms with Gasteiger partial charge < -0.3 is 15.5 Å². The topological polar surface area (TPSA) is 120 Å². The fourth-order valence-electron chi connectivity index (χ4n) is 5.68. The van der Waals surface area contributed by atoms with Crippen LogP contribution in [0.15, 0.2) is 65.7 Å². The summed E-state index contributed by atoms with van der Waals surface area (Å²) in [5, 5.41) is 22.9. The number of aryl methyl sites for hydroxylation is 1. The molecule has 1 unspecified atom stereocenters. The molecule has 0 bridgehead atoms. The van der Waals surface area contributed by atoms with Crippen molar-refractivity contribution < 1.29 is 36.6 Å². The van der Waals surface area contributed by atoms with Gasteiger partial charge in [-0.3, -0.25) is 9.78 Å². The van der Waals surface area contributed by atoms with Crippen LogP contribution in [0.25, 0.3) is 11.1 Å². The van der Waals surface area contributed by atoms with Gasteiger partial charge in [0.1, 0.15) is 0 Å². The lowest BCUT2D eigenvalue weighted by Gasteiger charge is -2.31. The molecular formula is C32H38F3N3O5S. The number of nitrogens with zero attached hydrogens (tertiary/aromatic N) is 2. The monoisotopic (exact) mass is 633 g/mol. The van der Waals surface area contributed by atoms with Crippen LogP contribution in [-0.2, 0) is 40.3 Å².